The summed E-state index contributed by atoms with van der Waals surface area (Å²) in [6.07, 6.45) is 1.86. The smallest absolute Gasteiger partial charge is 0.121 e. The van der Waals surface area contributed by atoms with E-state index in [9.17, 15) is 0 Å². The zero-order chi connectivity index (χ0) is 13.0. The van der Waals surface area contributed by atoms with Gasteiger partial charge in [0.1, 0.15) is 5.75 Å². The molecule has 0 aliphatic rings. The number of benzene rings is 1. The van der Waals surface area contributed by atoms with Gasteiger partial charge in [-0.05, 0) is 31.0 Å². The second-order valence-electron chi connectivity index (χ2n) is 4.43. The van der Waals surface area contributed by atoms with Crippen LogP contribution in [0, 0.1) is 13.8 Å². The Morgan fingerprint density at radius 2 is 2.11 bits per heavy atom. The molecule has 0 saturated carbocycles. The van der Waals surface area contributed by atoms with Crippen LogP contribution >= 0.6 is 0 Å². The fourth-order valence-electron chi connectivity index (χ4n) is 1.95. The van der Waals surface area contributed by atoms with Crippen molar-refractivity contribution >= 4 is 0 Å². The van der Waals surface area contributed by atoms with E-state index in [1.165, 1.54) is 11.1 Å². The monoisotopic (exact) mass is 245 g/mol. The van der Waals surface area contributed by atoms with Crippen molar-refractivity contribution in [1.29, 1.82) is 0 Å². The maximum atomic E-state index is 5.25. The van der Waals surface area contributed by atoms with Crippen molar-refractivity contribution < 1.29 is 4.74 Å². The van der Waals surface area contributed by atoms with Crippen LogP contribution in [0.3, 0.4) is 0 Å². The van der Waals surface area contributed by atoms with Gasteiger partial charge in [0, 0.05) is 24.3 Å². The fraction of sp³-hybridized carbons (Fsp3) is 0.357. The molecule has 0 spiro atoms. The number of nitrogens with zero attached hydrogens (tertiary/aromatic N) is 1. The molecule has 0 saturated heterocycles. The Hall–Kier alpha value is -1.81. The van der Waals surface area contributed by atoms with Gasteiger partial charge in [0.15, 0.2) is 0 Å². The summed E-state index contributed by atoms with van der Waals surface area (Å²) in [5.74, 6) is 0.935. The first kappa shape index (κ1) is 12.6. The molecule has 96 valence electrons. The predicted octanol–water partition coefficient (Wildman–Crippen LogP) is 2.32. The highest BCUT2D eigenvalue weighted by molar-refractivity contribution is 5.36. The second-order valence-corrected chi connectivity index (χ2v) is 4.43. The summed E-state index contributed by atoms with van der Waals surface area (Å²) >= 11 is 0. The van der Waals surface area contributed by atoms with Crippen molar-refractivity contribution in [1.82, 2.24) is 15.5 Å². The zero-order valence-corrected chi connectivity index (χ0v) is 11.1. The Kier molecular flexibility index (Phi) is 3.99. The normalized spacial score (nSPS) is 10.6. The van der Waals surface area contributed by atoms with Crippen LogP contribution in [0.4, 0.5) is 0 Å². The lowest BCUT2D eigenvalue weighted by Crippen LogP contribution is -2.13. The molecule has 1 heterocycles. The molecule has 4 nitrogen and oxygen atoms in total. The third kappa shape index (κ3) is 2.90. The third-order valence-electron chi connectivity index (χ3n) is 3.04. The number of aryl methyl sites for hydroxylation is 2. The molecule has 0 radical (unpaired) electrons. The van der Waals surface area contributed by atoms with Gasteiger partial charge in [-0.25, -0.2) is 0 Å². The van der Waals surface area contributed by atoms with Crippen LogP contribution in [0.25, 0.3) is 0 Å². The first-order valence-electron chi connectivity index (χ1n) is 6.04. The summed E-state index contributed by atoms with van der Waals surface area (Å²) in [4.78, 5) is 0. The Balaban J connectivity index is 1.91. The number of aromatic nitrogens is 2. The van der Waals surface area contributed by atoms with Crippen LogP contribution in [-0.2, 0) is 13.1 Å². The van der Waals surface area contributed by atoms with Gasteiger partial charge >= 0.3 is 0 Å². The average Bonchev–Trinajstić information content (AvgIpc) is 2.75. The highest BCUT2D eigenvalue weighted by atomic mass is 16.5. The molecule has 0 bridgehead atoms. The summed E-state index contributed by atoms with van der Waals surface area (Å²) in [6, 6.07) is 6.24. The molecule has 1 aromatic heterocycles. The third-order valence-corrected chi connectivity index (χ3v) is 3.04. The van der Waals surface area contributed by atoms with Crippen molar-refractivity contribution in [3.63, 3.8) is 0 Å². The summed E-state index contributed by atoms with van der Waals surface area (Å²) in [7, 11) is 1.70. The lowest BCUT2D eigenvalue weighted by atomic mass is 10.1. The van der Waals surface area contributed by atoms with E-state index in [0.717, 1.165) is 30.1 Å². The molecule has 18 heavy (non-hydrogen) atoms. The topological polar surface area (TPSA) is 49.9 Å². The van der Waals surface area contributed by atoms with Crippen LogP contribution in [-0.4, -0.2) is 17.3 Å². The first-order valence-corrected chi connectivity index (χ1v) is 6.04. The predicted molar refractivity (Wildman–Crippen MR) is 71.6 cm³/mol. The molecule has 2 N–H and O–H groups in total. The molecule has 0 aliphatic carbocycles. The lowest BCUT2D eigenvalue weighted by molar-refractivity contribution is 0.411. The zero-order valence-electron chi connectivity index (χ0n) is 11.1. The average molecular weight is 245 g/mol. The molecule has 4 heteroatoms. The maximum absolute atomic E-state index is 5.25. The number of rotatable bonds is 5. The molecule has 2 rings (SSSR count). The summed E-state index contributed by atoms with van der Waals surface area (Å²) in [6.45, 7) is 5.76. The van der Waals surface area contributed by atoms with Crippen LogP contribution in [0.5, 0.6) is 5.75 Å². The van der Waals surface area contributed by atoms with Crippen LogP contribution in [0.15, 0.2) is 24.4 Å². The Bertz CT molecular complexity index is 520. The van der Waals surface area contributed by atoms with E-state index in [1.54, 1.807) is 7.11 Å². The van der Waals surface area contributed by atoms with Gasteiger partial charge in [0.2, 0.25) is 0 Å². The van der Waals surface area contributed by atoms with Gasteiger partial charge in [-0.3, -0.25) is 5.10 Å². The number of aromatic amines is 1. The van der Waals surface area contributed by atoms with E-state index in [1.807, 2.05) is 19.2 Å². The number of nitrogens with one attached hydrogen (secondary N) is 2. The SMILES string of the molecule is COc1ccc(CNCc2cn[nH]c2C)cc1C. The van der Waals surface area contributed by atoms with Gasteiger partial charge < -0.3 is 10.1 Å². The number of methoxy groups -OCH3 is 1. The Morgan fingerprint density at radius 1 is 1.28 bits per heavy atom. The Labute approximate surface area is 107 Å². The van der Waals surface area contributed by atoms with Crippen molar-refractivity contribution in [2.24, 2.45) is 0 Å². The van der Waals surface area contributed by atoms with Crippen molar-refractivity contribution in [2.45, 2.75) is 26.9 Å². The van der Waals surface area contributed by atoms with E-state index in [4.69, 9.17) is 4.74 Å². The maximum Gasteiger partial charge on any atom is 0.121 e. The highest BCUT2D eigenvalue weighted by Crippen LogP contribution is 2.18. The largest absolute Gasteiger partial charge is 0.496 e. The van der Waals surface area contributed by atoms with Gasteiger partial charge in [-0.15, -0.1) is 0 Å². The standard InChI is InChI=1S/C14H19N3O/c1-10-6-12(4-5-14(10)18-3)7-15-8-13-9-16-17-11(13)2/h4-6,9,15H,7-8H2,1-3H3,(H,16,17). The molecular weight excluding hydrogens is 226 g/mol. The molecule has 2 aromatic rings. The number of hydrogen-bond acceptors (Lipinski definition) is 3. The van der Waals surface area contributed by atoms with Gasteiger partial charge in [-0.2, -0.15) is 5.10 Å². The summed E-state index contributed by atoms with van der Waals surface area (Å²) in [5, 5.41) is 10.3. The van der Waals surface area contributed by atoms with E-state index < -0.39 is 0 Å². The van der Waals surface area contributed by atoms with Crippen molar-refractivity contribution in [3.05, 3.63) is 46.8 Å². The van der Waals surface area contributed by atoms with Crippen LogP contribution in [0.2, 0.25) is 0 Å². The highest BCUT2D eigenvalue weighted by Gasteiger charge is 2.02. The van der Waals surface area contributed by atoms with Crippen LogP contribution < -0.4 is 10.1 Å². The lowest BCUT2D eigenvalue weighted by Gasteiger charge is -2.08. The van der Waals surface area contributed by atoms with E-state index in [-0.39, 0.29) is 0 Å². The number of ether oxygens (including phenoxy) is 1. The second kappa shape index (κ2) is 5.69. The first-order chi connectivity index (χ1) is 8.70. The van der Waals surface area contributed by atoms with Gasteiger partial charge in [0.25, 0.3) is 0 Å². The summed E-state index contributed by atoms with van der Waals surface area (Å²) < 4.78 is 5.25. The van der Waals surface area contributed by atoms with E-state index >= 15 is 0 Å². The minimum absolute atomic E-state index is 0.827. The molecule has 0 atom stereocenters. The molecule has 0 unspecified atom stereocenters. The molecule has 0 aliphatic heterocycles. The minimum Gasteiger partial charge on any atom is -0.496 e. The van der Waals surface area contributed by atoms with Crippen molar-refractivity contribution in [3.8, 4) is 5.75 Å². The molecule has 0 fully saturated rings. The van der Waals surface area contributed by atoms with Gasteiger partial charge in [-0.1, -0.05) is 12.1 Å². The molecular formula is C14H19N3O. The van der Waals surface area contributed by atoms with E-state index in [2.05, 4.69) is 34.6 Å². The minimum atomic E-state index is 0.827. The molecule has 1 aromatic carbocycles. The van der Waals surface area contributed by atoms with Crippen molar-refractivity contribution in [2.75, 3.05) is 7.11 Å². The number of H-pyrrole nitrogens is 1. The Morgan fingerprint density at radius 3 is 2.72 bits per heavy atom. The number of hydrogen-bond donors (Lipinski definition) is 2. The quantitative estimate of drug-likeness (QED) is 0.850. The molecule has 0 amide bonds. The fourth-order valence-corrected chi connectivity index (χ4v) is 1.95. The van der Waals surface area contributed by atoms with Crippen LogP contribution in [0.1, 0.15) is 22.4 Å². The van der Waals surface area contributed by atoms with Gasteiger partial charge in [0.05, 0.1) is 13.3 Å². The van der Waals surface area contributed by atoms with E-state index in [0.29, 0.717) is 0 Å². The summed E-state index contributed by atoms with van der Waals surface area (Å²) in [5.41, 5.74) is 4.75.